The highest BCUT2D eigenvalue weighted by Crippen LogP contribution is 2.20. The van der Waals surface area contributed by atoms with Crippen LogP contribution in [0.1, 0.15) is 24.9 Å². The molecule has 2 N–H and O–H groups in total. The van der Waals surface area contributed by atoms with Crippen molar-refractivity contribution in [3.05, 3.63) is 42.5 Å². The number of benzene rings is 1. The van der Waals surface area contributed by atoms with Gasteiger partial charge in [0.25, 0.3) is 0 Å². The maximum absolute atomic E-state index is 5.58. The normalized spacial score (nSPS) is 16.1. The lowest BCUT2D eigenvalue weighted by molar-refractivity contribution is -0.908. The molecule has 2 aromatic rings. The summed E-state index contributed by atoms with van der Waals surface area (Å²) in [6.07, 6.45) is 4.35. The number of aromatic nitrogens is 3. The monoisotopic (exact) mass is 389 g/mol. The molecule has 1 saturated heterocycles. The Morgan fingerprint density at radius 1 is 1.33 bits per heavy atom. The second-order valence-corrected chi connectivity index (χ2v) is 7.30. The van der Waals surface area contributed by atoms with Crippen LogP contribution in [0.5, 0.6) is 0 Å². The molecule has 146 valence electrons. The van der Waals surface area contributed by atoms with Gasteiger partial charge >= 0.3 is 0 Å². The molecule has 1 aliphatic heterocycles. The molecule has 0 unspecified atom stereocenters. The minimum atomic E-state index is 0.194. The summed E-state index contributed by atoms with van der Waals surface area (Å²) in [6, 6.07) is 8.52. The van der Waals surface area contributed by atoms with Gasteiger partial charge in [-0.2, -0.15) is 5.10 Å². The third-order valence-corrected chi connectivity index (χ3v) is 5.58. The van der Waals surface area contributed by atoms with Gasteiger partial charge in [0.15, 0.2) is 5.11 Å². The van der Waals surface area contributed by atoms with Crippen LogP contribution in [0.2, 0.25) is 0 Å². The maximum Gasteiger partial charge on any atom is 0.169 e. The quantitative estimate of drug-likeness (QED) is 0.529. The molecule has 8 heteroatoms. The molecule has 1 aromatic carbocycles. The van der Waals surface area contributed by atoms with Crippen molar-refractivity contribution < 1.29 is 9.64 Å². The molecule has 1 fully saturated rings. The zero-order valence-corrected chi connectivity index (χ0v) is 16.9. The van der Waals surface area contributed by atoms with E-state index in [1.54, 1.807) is 15.9 Å². The standard InChI is InChI=1S/C19H28N6OS/c1-16(17-4-6-18(7-5-17)25-15-20-14-22-25)23(2)19(27)21-8-3-9-24-10-12-26-13-11-24/h4-7,14-16H,3,8-13H2,1-2H3,(H,21,27)/p+1/t16-/m1/s1. The first-order valence-corrected chi connectivity index (χ1v) is 9.93. The number of ether oxygens (including phenoxy) is 1. The smallest absolute Gasteiger partial charge is 0.169 e. The topological polar surface area (TPSA) is 59.7 Å². The van der Waals surface area contributed by atoms with Crippen molar-refractivity contribution in [1.82, 2.24) is 25.0 Å². The molecular formula is C19H29N6OS+. The lowest BCUT2D eigenvalue weighted by atomic mass is 10.1. The van der Waals surface area contributed by atoms with Crippen LogP contribution in [-0.2, 0) is 4.74 Å². The lowest BCUT2D eigenvalue weighted by Gasteiger charge is -2.28. The number of quaternary nitrogens is 1. The minimum absolute atomic E-state index is 0.194. The lowest BCUT2D eigenvalue weighted by Crippen LogP contribution is -3.14. The maximum atomic E-state index is 5.58. The molecule has 1 aliphatic rings. The minimum Gasteiger partial charge on any atom is -0.370 e. The van der Waals surface area contributed by atoms with Crippen LogP contribution in [0.4, 0.5) is 0 Å². The molecular weight excluding hydrogens is 360 g/mol. The van der Waals surface area contributed by atoms with Crippen LogP contribution >= 0.6 is 12.2 Å². The van der Waals surface area contributed by atoms with Gasteiger partial charge in [-0.25, -0.2) is 9.67 Å². The number of rotatable bonds is 7. The predicted octanol–water partition coefficient (Wildman–Crippen LogP) is 0.440. The molecule has 2 heterocycles. The fraction of sp³-hybridized carbons (Fsp3) is 0.526. The SMILES string of the molecule is C[C@H](c1ccc(-n2cncn2)cc1)N(C)C(=S)NCCC[NH+]1CCOCC1. The van der Waals surface area contributed by atoms with E-state index in [9.17, 15) is 0 Å². The first-order valence-electron chi connectivity index (χ1n) is 9.52. The van der Waals surface area contributed by atoms with E-state index in [0.29, 0.717) is 0 Å². The summed E-state index contributed by atoms with van der Waals surface area (Å²) < 4.78 is 7.15. The van der Waals surface area contributed by atoms with Crippen molar-refractivity contribution in [2.45, 2.75) is 19.4 Å². The highest BCUT2D eigenvalue weighted by molar-refractivity contribution is 7.80. The molecule has 0 radical (unpaired) electrons. The number of thiocarbonyl (C=S) groups is 1. The van der Waals surface area contributed by atoms with Crippen LogP contribution in [0, 0.1) is 0 Å². The van der Waals surface area contributed by atoms with Crippen molar-refractivity contribution in [3.63, 3.8) is 0 Å². The number of hydrogen-bond donors (Lipinski definition) is 2. The van der Waals surface area contributed by atoms with Crippen LogP contribution < -0.4 is 10.2 Å². The van der Waals surface area contributed by atoms with Gasteiger partial charge in [0, 0.05) is 20.0 Å². The van der Waals surface area contributed by atoms with Crippen molar-refractivity contribution in [1.29, 1.82) is 0 Å². The summed E-state index contributed by atoms with van der Waals surface area (Å²) in [7, 11) is 2.04. The van der Waals surface area contributed by atoms with Gasteiger partial charge in [-0.05, 0) is 36.8 Å². The van der Waals surface area contributed by atoms with E-state index in [0.717, 1.165) is 50.1 Å². The Hall–Kier alpha value is -2.03. The van der Waals surface area contributed by atoms with Crippen molar-refractivity contribution in [2.75, 3.05) is 46.4 Å². The Morgan fingerprint density at radius 3 is 2.74 bits per heavy atom. The van der Waals surface area contributed by atoms with Gasteiger partial charge in [0.2, 0.25) is 0 Å². The van der Waals surface area contributed by atoms with Gasteiger partial charge in [0.1, 0.15) is 25.7 Å². The van der Waals surface area contributed by atoms with E-state index in [4.69, 9.17) is 17.0 Å². The second kappa shape index (κ2) is 9.77. The van der Waals surface area contributed by atoms with Gasteiger partial charge in [-0.3, -0.25) is 0 Å². The molecule has 0 saturated carbocycles. The summed E-state index contributed by atoms with van der Waals surface area (Å²) in [5.41, 5.74) is 2.21. The van der Waals surface area contributed by atoms with Gasteiger partial charge in [-0.1, -0.05) is 12.1 Å². The molecule has 0 aliphatic carbocycles. The Balaban J connectivity index is 1.44. The fourth-order valence-corrected chi connectivity index (χ4v) is 3.48. The van der Waals surface area contributed by atoms with Crippen LogP contribution in [0.3, 0.4) is 0 Å². The molecule has 3 rings (SSSR count). The first-order chi connectivity index (χ1) is 13.1. The van der Waals surface area contributed by atoms with Gasteiger partial charge in [0.05, 0.1) is 31.5 Å². The summed E-state index contributed by atoms with van der Waals surface area (Å²) in [5, 5.41) is 8.34. The number of nitrogens with zero attached hydrogens (tertiary/aromatic N) is 4. The molecule has 0 amide bonds. The van der Waals surface area contributed by atoms with E-state index in [2.05, 4.69) is 51.5 Å². The van der Waals surface area contributed by atoms with E-state index in [-0.39, 0.29) is 6.04 Å². The Kier molecular flexibility index (Phi) is 7.14. The van der Waals surface area contributed by atoms with Crippen LogP contribution in [-0.4, -0.2) is 71.2 Å². The third kappa shape index (κ3) is 5.47. The third-order valence-electron chi connectivity index (χ3n) is 5.14. The Morgan fingerprint density at radius 2 is 2.07 bits per heavy atom. The summed E-state index contributed by atoms with van der Waals surface area (Å²) >= 11 is 5.58. The Bertz CT molecular complexity index is 699. The largest absolute Gasteiger partial charge is 0.370 e. The average molecular weight is 390 g/mol. The first kappa shape index (κ1) is 19.7. The zero-order valence-electron chi connectivity index (χ0n) is 16.1. The van der Waals surface area contributed by atoms with Crippen molar-refractivity contribution in [3.8, 4) is 5.69 Å². The van der Waals surface area contributed by atoms with Gasteiger partial charge in [-0.15, -0.1) is 0 Å². The highest BCUT2D eigenvalue weighted by Gasteiger charge is 2.16. The van der Waals surface area contributed by atoms with E-state index in [1.807, 2.05) is 7.05 Å². The number of nitrogens with one attached hydrogen (secondary N) is 2. The van der Waals surface area contributed by atoms with Crippen LogP contribution in [0.25, 0.3) is 5.69 Å². The molecule has 0 spiro atoms. The summed E-state index contributed by atoms with van der Waals surface area (Å²) in [4.78, 5) is 7.72. The van der Waals surface area contributed by atoms with Crippen LogP contribution in [0.15, 0.2) is 36.9 Å². The molecule has 1 atom stereocenters. The van der Waals surface area contributed by atoms with E-state index in [1.165, 1.54) is 18.4 Å². The van der Waals surface area contributed by atoms with Crippen molar-refractivity contribution >= 4 is 17.3 Å². The number of morpholine rings is 1. The molecule has 27 heavy (non-hydrogen) atoms. The van der Waals surface area contributed by atoms with E-state index >= 15 is 0 Å². The summed E-state index contributed by atoms with van der Waals surface area (Å²) in [6.45, 7) is 8.25. The second-order valence-electron chi connectivity index (χ2n) is 6.92. The number of hydrogen-bond acceptors (Lipinski definition) is 4. The summed E-state index contributed by atoms with van der Waals surface area (Å²) in [5.74, 6) is 0. The van der Waals surface area contributed by atoms with Gasteiger partial charge < -0.3 is 19.9 Å². The molecule has 0 bridgehead atoms. The molecule has 1 aromatic heterocycles. The average Bonchev–Trinajstić information content (AvgIpc) is 3.26. The predicted molar refractivity (Wildman–Crippen MR) is 109 cm³/mol. The fourth-order valence-electron chi connectivity index (χ4n) is 3.22. The van der Waals surface area contributed by atoms with E-state index < -0.39 is 0 Å². The highest BCUT2D eigenvalue weighted by atomic mass is 32.1. The Labute approximate surface area is 166 Å². The van der Waals surface area contributed by atoms with Crippen molar-refractivity contribution in [2.24, 2.45) is 0 Å². The molecule has 7 nitrogen and oxygen atoms in total. The zero-order chi connectivity index (χ0) is 19.1.